The van der Waals surface area contributed by atoms with Crippen molar-refractivity contribution in [3.05, 3.63) is 36.6 Å². The summed E-state index contributed by atoms with van der Waals surface area (Å²) in [5.41, 5.74) is 6.33. The van der Waals surface area contributed by atoms with Gasteiger partial charge in [0.15, 0.2) is 16.9 Å². The van der Waals surface area contributed by atoms with Crippen molar-refractivity contribution in [3.63, 3.8) is 0 Å². The van der Waals surface area contributed by atoms with Crippen LogP contribution in [0, 0.1) is 6.10 Å². The van der Waals surface area contributed by atoms with Crippen molar-refractivity contribution in [2.75, 3.05) is 26.1 Å². The van der Waals surface area contributed by atoms with Gasteiger partial charge in [-0.25, -0.2) is 19.6 Å². The summed E-state index contributed by atoms with van der Waals surface area (Å²) in [6.07, 6.45) is 0.717. The van der Waals surface area contributed by atoms with E-state index in [4.69, 9.17) is 39.1 Å². The standard InChI is InChI=1S/C27H34N5O8S/c1-16(2)38-25(33)36-13-18(14-37-26(34)39-17(3)4)40-27(10-11-27)15-32-22-19(12-29-23(28)31-22)30-24(32)41-21-9-7-6-8-20(21)35-5/h6-9,12,16-17H,10-11,13-15H2,1-5H3,(H2,28,29,31). The van der Waals surface area contributed by atoms with Crippen LogP contribution in [0.4, 0.5) is 15.5 Å². The lowest BCUT2D eigenvalue weighted by Gasteiger charge is -2.24. The first kappa shape index (κ1) is 30.2. The zero-order valence-electron chi connectivity index (χ0n) is 23.6. The highest BCUT2D eigenvalue weighted by Crippen LogP contribution is 2.45. The van der Waals surface area contributed by atoms with Crippen molar-refractivity contribution in [2.45, 2.75) is 74.9 Å². The molecule has 41 heavy (non-hydrogen) atoms. The van der Waals surface area contributed by atoms with Gasteiger partial charge in [-0.1, -0.05) is 12.1 Å². The molecule has 0 aliphatic heterocycles. The van der Waals surface area contributed by atoms with Crippen LogP contribution in [0.5, 0.6) is 5.75 Å². The molecule has 2 N–H and O–H groups in total. The third kappa shape index (κ3) is 8.36. The van der Waals surface area contributed by atoms with E-state index >= 15 is 0 Å². The van der Waals surface area contributed by atoms with E-state index in [1.54, 1.807) is 41.0 Å². The summed E-state index contributed by atoms with van der Waals surface area (Å²) in [5, 5.41) is 0.634. The van der Waals surface area contributed by atoms with Crippen molar-refractivity contribution in [3.8, 4) is 5.75 Å². The molecule has 13 nitrogen and oxygen atoms in total. The minimum Gasteiger partial charge on any atom is -0.496 e. The van der Waals surface area contributed by atoms with E-state index in [0.717, 1.165) is 4.90 Å². The number of para-hydroxylation sites is 1. The molecule has 3 aromatic rings. The normalized spacial score (nSPS) is 14.0. The molecule has 2 heterocycles. The predicted molar refractivity (Wildman–Crippen MR) is 148 cm³/mol. The minimum atomic E-state index is -0.862. The van der Waals surface area contributed by atoms with Crippen LogP contribution in [-0.4, -0.2) is 70.0 Å². The lowest BCUT2D eigenvalue weighted by atomic mass is 10.3. The van der Waals surface area contributed by atoms with Gasteiger partial charge < -0.3 is 38.7 Å². The highest BCUT2D eigenvalue weighted by atomic mass is 32.2. The van der Waals surface area contributed by atoms with Gasteiger partial charge in [-0.2, -0.15) is 4.98 Å². The molecule has 0 amide bonds. The van der Waals surface area contributed by atoms with Crippen LogP contribution in [0.25, 0.3) is 11.2 Å². The molecule has 1 aliphatic carbocycles. The molecule has 1 aromatic carbocycles. The Morgan fingerprint density at radius 2 is 1.66 bits per heavy atom. The maximum atomic E-state index is 12.0. The second-order valence-corrected chi connectivity index (χ2v) is 10.9. The van der Waals surface area contributed by atoms with Crippen molar-refractivity contribution in [1.29, 1.82) is 0 Å². The summed E-state index contributed by atoms with van der Waals surface area (Å²) in [6, 6.07) is 7.61. The number of ether oxygens (including phenoxy) is 6. The molecule has 0 bridgehead atoms. The molecule has 0 spiro atoms. The number of methoxy groups -OCH3 is 1. The number of carbonyl (C=O) groups excluding carboxylic acids is 2. The number of fused-ring (bicyclic) bond motifs is 1. The number of aromatic nitrogens is 4. The van der Waals surface area contributed by atoms with E-state index in [1.807, 2.05) is 28.8 Å². The van der Waals surface area contributed by atoms with E-state index in [1.165, 1.54) is 11.8 Å². The number of hydrogen-bond acceptors (Lipinski definition) is 13. The number of hydrogen-bond donors (Lipinski definition) is 1. The van der Waals surface area contributed by atoms with Gasteiger partial charge in [0, 0.05) is 0 Å². The Labute approximate surface area is 242 Å². The first-order chi connectivity index (χ1) is 19.6. The average Bonchev–Trinajstić information content (AvgIpc) is 3.60. The first-order valence-electron chi connectivity index (χ1n) is 13.1. The largest absolute Gasteiger partial charge is 0.508 e. The Morgan fingerprint density at radius 1 is 1.02 bits per heavy atom. The van der Waals surface area contributed by atoms with Crippen molar-refractivity contribution >= 4 is 41.2 Å². The number of rotatable bonds is 13. The summed E-state index contributed by atoms with van der Waals surface area (Å²) in [6.45, 7) is 6.62. The van der Waals surface area contributed by atoms with Crippen LogP contribution < -0.4 is 10.5 Å². The summed E-state index contributed by atoms with van der Waals surface area (Å²) in [4.78, 5) is 38.2. The molecule has 0 unspecified atom stereocenters. The summed E-state index contributed by atoms with van der Waals surface area (Å²) in [7, 11) is 1.61. The smallest absolute Gasteiger partial charge is 0.496 e. The van der Waals surface area contributed by atoms with E-state index in [-0.39, 0.29) is 37.5 Å². The van der Waals surface area contributed by atoms with E-state index in [9.17, 15) is 9.59 Å². The number of nitrogens with two attached hydrogens (primary N) is 1. The molecule has 1 radical (unpaired) electrons. The molecule has 1 fully saturated rings. The lowest BCUT2D eigenvalue weighted by Crippen LogP contribution is -2.31. The van der Waals surface area contributed by atoms with Crippen LogP contribution in [0.2, 0.25) is 0 Å². The van der Waals surface area contributed by atoms with Crippen LogP contribution in [0.3, 0.4) is 0 Å². The van der Waals surface area contributed by atoms with Gasteiger partial charge in [-0.05, 0) is 64.4 Å². The van der Waals surface area contributed by atoms with Gasteiger partial charge in [-0.15, -0.1) is 0 Å². The molecule has 1 saturated carbocycles. The Hall–Kier alpha value is -3.78. The zero-order valence-corrected chi connectivity index (χ0v) is 24.4. The Kier molecular flexibility index (Phi) is 9.76. The quantitative estimate of drug-likeness (QED) is 0.272. The van der Waals surface area contributed by atoms with Gasteiger partial charge >= 0.3 is 12.3 Å². The molecule has 221 valence electrons. The zero-order chi connectivity index (χ0) is 29.6. The monoisotopic (exact) mass is 588 g/mol. The van der Waals surface area contributed by atoms with Gasteiger partial charge in [0.1, 0.15) is 24.5 Å². The third-order valence-corrected chi connectivity index (χ3v) is 6.77. The Balaban J connectivity index is 1.56. The Bertz CT molecular complexity index is 1330. The predicted octanol–water partition coefficient (Wildman–Crippen LogP) is 4.77. The molecule has 0 atom stereocenters. The molecule has 2 aromatic heterocycles. The fraction of sp³-hybridized carbons (Fsp3) is 0.481. The van der Waals surface area contributed by atoms with Crippen LogP contribution in [0.15, 0.2) is 40.5 Å². The molecule has 14 heteroatoms. The van der Waals surface area contributed by atoms with E-state index in [0.29, 0.717) is 41.5 Å². The maximum Gasteiger partial charge on any atom is 0.508 e. The fourth-order valence-electron chi connectivity index (χ4n) is 3.79. The Morgan fingerprint density at radius 3 is 2.24 bits per heavy atom. The van der Waals surface area contributed by atoms with E-state index in [2.05, 4.69) is 9.97 Å². The lowest BCUT2D eigenvalue weighted by molar-refractivity contribution is -0.0455. The average molecular weight is 589 g/mol. The number of nitrogen functional groups attached to an aromatic ring is 1. The number of nitrogens with zero attached hydrogens (tertiary/aromatic N) is 4. The first-order valence-corrected chi connectivity index (χ1v) is 13.9. The highest BCUT2D eigenvalue weighted by Gasteiger charge is 2.48. The van der Waals surface area contributed by atoms with Crippen LogP contribution >= 0.6 is 11.8 Å². The van der Waals surface area contributed by atoms with Crippen molar-refractivity contribution in [1.82, 2.24) is 19.5 Å². The SMILES string of the molecule is COc1ccccc1Sc1nc2cnc(N)nc2n1CC1(O[C](COC(=O)OC(C)C)COC(=O)OC(C)C)CC1. The second kappa shape index (κ2) is 13.3. The van der Waals surface area contributed by atoms with Gasteiger partial charge in [0.05, 0.1) is 42.6 Å². The molecule has 1 aliphatic rings. The molecular formula is C27H34N5O8S. The van der Waals surface area contributed by atoms with Crippen molar-refractivity contribution < 1.29 is 38.0 Å². The van der Waals surface area contributed by atoms with Gasteiger partial charge in [0.25, 0.3) is 0 Å². The number of benzene rings is 1. The maximum absolute atomic E-state index is 12.0. The molecule has 0 saturated heterocycles. The van der Waals surface area contributed by atoms with Gasteiger partial charge in [-0.3, -0.25) is 0 Å². The summed E-state index contributed by atoms with van der Waals surface area (Å²) in [5.74, 6) is 0.810. The van der Waals surface area contributed by atoms with E-state index < -0.39 is 17.9 Å². The number of imidazole rings is 1. The molecular weight excluding hydrogens is 554 g/mol. The summed E-state index contributed by atoms with van der Waals surface area (Å²) >= 11 is 1.41. The molecule has 4 rings (SSSR count). The highest BCUT2D eigenvalue weighted by molar-refractivity contribution is 7.99. The fourth-order valence-corrected chi connectivity index (χ4v) is 4.79. The second-order valence-electron chi connectivity index (χ2n) is 9.90. The number of carbonyl (C=O) groups is 2. The van der Waals surface area contributed by atoms with Crippen molar-refractivity contribution in [2.24, 2.45) is 0 Å². The number of anilines is 1. The summed E-state index contributed by atoms with van der Waals surface area (Å²) < 4.78 is 34.3. The van der Waals surface area contributed by atoms with Crippen LogP contribution in [-0.2, 0) is 30.2 Å². The minimum absolute atomic E-state index is 0.111. The topological polar surface area (TPSA) is 159 Å². The van der Waals surface area contributed by atoms with Gasteiger partial charge in [0.2, 0.25) is 5.95 Å². The third-order valence-electron chi connectivity index (χ3n) is 5.72. The van der Waals surface area contributed by atoms with Crippen LogP contribution in [0.1, 0.15) is 40.5 Å².